The van der Waals surface area contributed by atoms with Gasteiger partial charge in [-0.15, -0.1) is 5.10 Å². The van der Waals surface area contributed by atoms with Crippen molar-refractivity contribution in [3.63, 3.8) is 0 Å². The van der Waals surface area contributed by atoms with E-state index in [1.807, 2.05) is 30.3 Å². The molecule has 3 aromatic rings. The van der Waals surface area contributed by atoms with Crippen molar-refractivity contribution in [1.29, 1.82) is 0 Å². The molecule has 0 amide bonds. The lowest BCUT2D eigenvalue weighted by atomic mass is 10.1. The summed E-state index contributed by atoms with van der Waals surface area (Å²) in [5.41, 5.74) is 4.84. The van der Waals surface area contributed by atoms with Crippen LogP contribution >= 0.6 is 11.8 Å². The molecule has 0 atom stereocenters. The minimum absolute atomic E-state index is 0.806. The number of aryl methyl sites for hydroxylation is 2. The Morgan fingerprint density at radius 3 is 2.43 bits per heavy atom. The van der Waals surface area contributed by atoms with Crippen LogP contribution in [0.15, 0.2) is 53.7 Å². The van der Waals surface area contributed by atoms with Crippen molar-refractivity contribution >= 4 is 11.8 Å². The Balaban J connectivity index is 1.79. The molecule has 0 aliphatic carbocycles. The summed E-state index contributed by atoms with van der Waals surface area (Å²) in [5, 5.41) is 12.8. The molecule has 0 N–H and O–H groups in total. The molecule has 0 radical (unpaired) electrons. The molecule has 1 aromatic heterocycles. The van der Waals surface area contributed by atoms with Crippen LogP contribution < -0.4 is 0 Å². The van der Waals surface area contributed by atoms with Crippen LogP contribution in [0.2, 0.25) is 0 Å². The molecule has 0 spiro atoms. The lowest BCUT2D eigenvalue weighted by Crippen LogP contribution is -1.98. The fourth-order valence-electron chi connectivity index (χ4n) is 2.30. The fourth-order valence-corrected chi connectivity index (χ4v) is 3.12. The quantitative estimate of drug-likeness (QED) is 0.690. The summed E-state index contributed by atoms with van der Waals surface area (Å²) in [4.78, 5) is 0. The molecule has 106 valence electrons. The molecule has 0 saturated carbocycles. The largest absolute Gasteiger partial charge is 0.214 e. The Morgan fingerprint density at radius 1 is 1.00 bits per heavy atom. The van der Waals surface area contributed by atoms with Crippen LogP contribution in [0.3, 0.4) is 0 Å². The summed E-state index contributed by atoms with van der Waals surface area (Å²) in [6, 6.07) is 16.5. The molecule has 21 heavy (non-hydrogen) atoms. The van der Waals surface area contributed by atoms with Gasteiger partial charge in [-0.3, -0.25) is 0 Å². The van der Waals surface area contributed by atoms with E-state index in [1.54, 1.807) is 16.4 Å². The van der Waals surface area contributed by atoms with E-state index < -0.39 is 0 Å². The number of hydrogen-bond acceptors (Lipinski definition) is 4. The molecule has 0 unspecified atom stereocenters. The van der Waals surface area contributed by atoms with Gasteiger partial charge in [-0.1, -0.05) is 59.3 Å². The lowest BCUT2D eigenvalue weighted by molar-refractivity contribution is 0.756. The zero-order chi connectivity index (χ0) is 14.7. The standard InChI is InChI=1S/C16H16N4S/c1-12-8-13(2)10-14(9-12)11-21-16-17-18-19-20(16)15-6-4-3-5-7-15/h3-10H,11H2,1-2H3. The summed E-state index contributed by atoms with van der Waals surface area (Å²) >= 11 is 1.65. The monoisotopic (exact) mass is 296 g/mol. The predicted octanol–water partition coefficient (Wildman–Crippen LogP) is 3.57. The van der Waals surface area contributed by atoms with Crippen LogP contribution in [0.25, 0.3) is 5.69 Å². The summed E-state index contributed by atoms with van der Waals surface area (Å²) in [6.07, 6.45) is 0. The van der Waals surface area contributed by atoms with Gasteiger partial charge in [-0.25, -0.2) is 0 Å². The van der Waals surface area contributed by atoms with Gasteiger partial charge in [-0.05, 0) is 42.0 Å². The van der Waals surface area contributed by atoms with Crippen LogP contribution in [0.4, 0.5) is 0 Å². The van der Waals surface area contributed by atoms with E-state index in [-0.39, 0.29) is 0 Å². The number of tetrazole rings is 1. The van der Waals surface area contributed by atoms with E-state index in [2.05, 4.69) is 47.6 Å². The topological polar surface area (TPSA) is 43.6 Å². The van der Waals surface area contributed by atoms with Crippen LogP contribution in [-0.2, 0) is 5.75 Å². The SMILES string of the molecule is Cc1cc(C)cc(CSc2nnnn2-c2ccccc2)c1. The third-order valence-electron chi connectivity index (χ3n) is 3.09. The normalized spacial score (nSPS) is 10.8. The average Bonchev–Trinajstić information content (AvgIpc) is 2.93. The van der Waals surface area contributed by atoms with E-state index in [4.69, 9.17) is 0 Å². The Morgan fingerprint density at radius 2 is 1.71 bits per heavy atom. The first-order valence-corrected chi connectivity index (χ1v) is 7.75. The van der Waals surface area contributed by atoms with Crippen molar-refractivity contribution in [2.75, 3.05) is 0 Å². The number of benzene rings is 2. The van der Waals surface area contributed by atoms with Crippen molar-refractivity contribution in [3.8, 4) is 5.69 Å². The van der Waals surface area contributed by atoms with Crippen LogP contribution in [-0.4, -0.2) is 20.2 Å². The highest BCUT2D eigenvalue weighted by Crippen LogP contribution is 2.23. The van der Waals surface area contributed by atoms with Gasteiger partial charge in [-0.2, -0.15) is 4.68 Å². The average molecular weight is 296 g/mol. The smallest absolute Gasteiger partial charge is 0.188 e. The second kappa shape index (κ2) is 6.10. The van der Waals surface area contributed by atoms with Crippen molar-refractivity contribution in [2.24, 2.45) is 0 Å². The number of thioether (sulfide) groups is 1. The highest BCUT2D eigenvalue weighted by atomic mass is 32.2. The second-order valence-corrected chi connectivity index (χ2v) is 5.94. The Labute approximate surface area is 128 Å². The highest BCUT2D eigenvalue weighted by Gasteiger charge is 2.09. The highest BCUT2D eigenvalue weighted by molar-refractivity contribution is 7.98. The van der Waals surface area contributed by atoms with Gasteiger partial charge in [0.2, 0.25) is 5.16 Å². The van der Waals surface area contributed by atoms with Gasteiger partial charge in [0, 0.05) is 5.75 Å². The first-order chi connectivity index (χ1) is 10.2. The zero-order valence-corrected chi connectivity index (χ0v) is 12.8. The van der Waals surface area contributed by atoms with E-state index in [9.17, 15) is 0 Å². The Hall–Kier alpha value is -2.14. The van der Waals surface area contributed by atoms with E-state index >= 15 is 0 Å². The van der Waals surface area contributed by atoms with Crippen LogP contribution in [0.1, 0.15) is 16.7 Å². The summed E-state index contributed by atoms with van der Waals surface area (Å²) in [7, 11) is 0. The Bertz CT molecular complexity index is 717. The minimum atomic E-state index is 0.806. The third kappa shape index (κ3) is 3.31. The maximum absolute atomic E-state index is 4.12. The van der Waals surface area contributed by atoms with E-state index in [0.29, 0.717) is 0 Å². The molecule has 5 heteroatoms. The summed E-state index contributed by atoms with van der Waals surface area (Å²) < 4.78 is 1.77. The number of rotatable bonds is 4. The van der Waals surface area contributed by atoms with Gasteiger partial charge in [0.1, 0.15) is 0 Å². The predicted molar refractivity (Wildman–Crippen MR) is 84.6 cm³/mol. The van der Waals surface area contributed by atoms with Gasteiger partial charge in [0.25, 0.3) is 0 Å². The molecular formula is C16H16N4S. The minimum Gasteiger partial charge on any atom is -0.188 e. The molecular weight excluding hydrogens is 280 g/mol. The summed E-state index contributed by atoms with van der Waals surface area (Å²) in [5.74, 6) is 0.857. The van der Waals surface area contributed by atoms with Crippen molar-refractivity contribution in [2.45, 2.75) is 24.8 Å². The fraction of sp³-hybridized carbons (Fsp3) is 0.188. The first kappa shape index (κ1) is 13.8. The molecule has 0 aliphatic heterocycles. The molecule has 2 aromatic carbocycles. The zero-order valence-electron chi connectivity index (χ0n) is 12.0. The van der Waals surface area contributed by atoms with Gasteiger partial charge in [0.15, 0.2) is 0 Å². The van der Waals surface area contributed by atoms with Gasteiger partial charge >= 0.3 is 0 Å². The molecule has 0 saturated heterocycles. The van der Waals surface area contributed by atoms with Crippen LogP contribution in [0, 0.1) is 13.8 Å². The maximum Gasteiger partial charge on any atom is 0.214 e. The number of nitrogens with zero attached hydrogens (tertiary/aromatic N) is 4. The molecule has 1 heterocycles. The number of hydrogen-bond donors (Lipinski definition) is 0. The molecule has 3 rings (SSSR count). The summed E-state index contributed by atoms with van der Waals surface area (Å²) in [6.45, 7) is 4.24. The maximum atomic E-state index is 4.12. The Kier molecular flexibility index (Phi) is 4.01. The van der Waals surface area contributed by atoms with Crippen molar-refractivity contribution in [3.05, 3.63) is 65.2 Å². The van der Waals surface area contributed by atoms with Gasteiger partial charge < -0.3 is 0 Å². The molecule has 4 nitrogen and oxygen atoms in total. The van der Waals surface area contributed by atoms with Crippen molar-refractivity contribution in [1.82, 2.24) is 20.2 Å². The van der Waals surface area contributed by atoms with Gasteiger partial charge in [0.05, 0.1) is 5.69 Å². The second-order valence-electron chi connectivity index (χ2n) is 4.99. The van der Waals surface area contributed by atoms with Crippen molar-refractivity contribution < 1.29 is 0 Å². The number of aromatic nitrogens is 4. The van der Waals surface area contributed by atoms with Crippen LogP contribution in [0.5, 0.6) is 0 Å². The molecule has 0 bridgehead atoms. The number of para-hydroxylation sites is 1. The first-order valence-electron chi connectivity index (χ1n) is 6.76. The lowest BCUT2D eigenvalue weighted by Gasteiger charge is -2.06. The van der Waals surface area contributed by atoms with E-state index in [1.165, 1.54) is 16.7 Å². The van der Waals surface area contributed by atoms with E-state index in [0.717, 1.165) is 16.6 Å². The molecule has 0 fully saturated rings. The third-order valence-corrected chi connectivity index (χ3v) is 4.08. The molecule has 0 aliphatic rings.